The maximum Gasteiger partial charge on any atom is 0.251 e. The van der Waals surface area contributed by atoms with Gasteiger partial charge in [0.1, 0.15) is 5.82 Å². The van der Waals surface area contributed by atoms with Crippen molar-refractivity contribution in [2.24, 2.45) is 0 Å². The number of rotatable bonds is 7. The number of nitrogens with one attached hydrogen (secondary N) is 2. The Kier molecular flexibility index (Phi) is 5.65. The van der Waals surface area contributed by atoms with Gasteiger partial charge in [-0.2, -0.15) is 10.1 Å². The van der Waals surface area contributed by atoms with Gasteiger partial charge in [0.15, 0.2) is 0 Å². The number of nitrogens with zero attached hydrogens (tertiary/aromatic N) is 4. The van der Waals surface area contributed by atoms with Gasteiger partial charge in [-0.25, -0.2) is 4.98 Å². The van der Waals surface area contributed by atoms with Gasteiger partial charge in [0.25, 0.3) is 5.91 Å². The van der Waals surface area contributed by atoms with E-state index in [1.807, 2.05) is 42.1 Å². The van der Waals surface area contributed by atoms with Crippen molar-refractivity contribution in [2.75, 3.05) is 18.1 Å². The summed E-state index contributed by atoms with van der Waals surface area (Å²) in [6, 6.07) is 11.0. The monoisotopic (exact) mass is 365 g/mol. The number of amides is 1. The number of carbonyl (C=O) groups excluding carboxylic acids is 1. The zero-order chi connectivity index (χ0) is 19.2. The second kappa shape index (κ2) is 8.31. The fraction of sp³-hybridized carbons (Fsp3) is 0.263. The summed E-state index contributed by atoms with van der Waals surface area (Å²) < 4.78 is 1.85. The number of aromatic nitrogens is 4. The first-order valence-corrected chi connectivity index (χ1v) is 8.76. The van der Waals surface area contributed by atoms with E-state index in [-0.39, 0.29) is 17.9 Å². The van der Waals surface area contributed by atoms with Crippen LogP contribution in [0.25, 0.3) is 11.3 Å². The van der Waals surface area contributed by atoms with E-state index in [1.54, 1.807) is 25.4 Å². The highest BCUT2D eigenvalue weighted by Gasteiger charge is 2.11. The second-order valence-corrected chi connectivity index (χ2v) is 6.26. The summed E-state index contributed by atoms with van der Waals surface area (Å²) in [6.45, 7) is 2.75. The molecule has 0 spiro atoms. The lowest BCUT2D eigenvalue weighted by molar-refractivity contribution is 0.0937. The van der Waals surface area contributed by atoms with Gasteiger partial charge < -0.3 is 16.4 Å². The summed E-state index contributed by atoms with van der Waals surface area (Å²) in [5, 5.41) is 10.1. The van der Waals surface area contributed by atoms with E-state index in [1.165, 1.54) is 0 Å². The molecule has 8 nitrogen and oxygen atoms in total. The van der Waals surface area contributed by atoms with Crippen LogP contribution in [0.4, 0.5) is 11.8 Å². The minimum atomic E-state index is -0.104. The molecule has 2 aromatic heterocycles. The van der Waals surface area contributed by atoms with Crippen molar-refractivity contribution >= 4 is 17.7 Å². The number of benzene rings is 1. The fourth-order valence-electron chi connectivity index (χ4n) is 2.67. The summed E-state index contributed by atoms with van der Waals surface area (Å²) in [4.78, 5) is 20.7. The molecule has 1 amide bonds. The lowest BCUT2D eigenvalue weighted by Crippen LogP contribution is -2.33. The smallest absolute Gasteiger partial charge is 0.251 e. The Balaban J connectivity index is 1.62. The number of carbonyl (C=O) groups is 1. The van der Waals surface area contributed by atoms with E-state index in [0.717, 1.165) is 18.5 Å². The lowest BCUT2D eigenvalue weighted by Gasteiger charge is -2.14. The van der Waals surface area contributed by atoms with Crippen LogP contribution in [0.5, 0.6) is 0 Å². The molecule has 140 valence electrons. The summed E-state index contributed by atoms with van der Waals surface area (Å²) in [7, 11) is 1.77. The maximum absolute atomic E-state index is 12.4. The highest BCUT2D eigenvalue weighted by Crippen LogP contribution is 2.21. The zero-order valence-electron chi connectivity index (χ0n) is 15.4. The molecule has 0 radical (unpaired) electrons. The molecule has 4 N–H and O–H groups in total. The minimum absolute atomic E-state index is 0.0428. The molecule has 3 aromatic rings. The number of nitrogen functional groups attached to an aromatic ring is 1. The van der Waals surface area contributed by atoms with Gasteiger partial charge in [-0.3, -0.25) is 9.48 Å². The third kappa shape index (κ3) is 4.81. The van der Waals surface area contributed by atoms with E-state index in [0.29, 0.717) is 17.1 Å². The molecule has 3 rings (SSSR count). The van der Waals surface area contributed by atoms with Gasteiger partial charge in [0.05, 0.1) is 5.69 Å². The van der Waals surface area contributed by atoms with Crippen LogP contribution in [-0.2, 0) is 6.54 Å². The van der Waals surface area contributed by atoms with Crippen LogP contribution in [0, 0.1) is 0 Å². The standard InChI is InChI=1S/C19H23N7O/c1-13(8-11-26-10-3-9-22-26)23-18(27)15-6-4-14(5-7-15)16-12-17(21-2)25-19(20)24-16/h3-7,9-10,12-13H,8,11H2,1-2H3,(H,23,27)(H3,20,21,24,25). The molecule has 8 heteroatoms. The Morgan fingerprint density at radius 3 is 2.70 bits per heavy atom. The Hall–Kier alpha value is -3.42. The van der Waals surface area contributed by atoms with Gasteiger partial charge in [-0.15, -0.1) is 0 Å². The molecule has 27 heavy (non-hydrogen) atoms. The van der Waals surface area contributed by atoms with Crippen LogP contribution in [0.15, 0.2) is 48.8 Å². The molecule has 0 saturated heterocycles. The highest BCUT2D eigenvalue weighted by molar-refractivity contribution is 5.94. The SMILES string of the molecule is CNc1cc(-c2ccc(C(=O)NC(C)CCn3cccn3)cc2)nc(N)n1. The fourth-order valence-corrected chi connectivity index (χ4v) is 2.67. The van der Waals surface area contributed by atoms with Crippen molar-refractivity contribution < 1.29 is 4.79 Å². The second-order valence-electron chi connectivity index (χ2n) is 6.26. The van der Waals surface area contributed by atoms with Crippen molar-refractivity contribution in [1.82, 2.24) is 25.1 Å². The van der Waals surface area contributed by atoms with Crippen molar-refractivity contribution in [2.45, 2.75) is 25.9 Å². The maximum atomic E-state index is 12.4. The quantitative estimate of drug-likeness (QED) is 0.592. The average Bonchev–Trinajstić information content (AvgIpc) is 3.19. The van der Waals surface area contributed by atoms with E-state index in [2.05, 4.69) is 25.7 Å². The van der Waals surface area contributed by atoms with Crippen LogP contribution in [0.1, 0.15) is 23.7 Å². The minimum Gasteiger partial charge on any atom is -0.373 e. The number of aryl methyl sites for hydroxylation is 1. The van der Waals surface area contributed by atoms with E-state index < -0.39 is 0 Å². The number of hydrogen-bond acceptors (Lipinski definition) is 6. The molecule has 1 atom stereocenters. The van der Waals surface area contributed by atoms with Crippen molar-refractivity contribution in [3.63, 3.8) is 0 Å². The van der Waals surface area contributed by atoms with Crippen LogP contribution in [-0.4, -0.2) is 38.7 Å². The number of hydrogen-bond donors (Lipinski definition) is 3. The summed E-state index contributed by atoms with van der Waals surface area (Å²) >= 11 is 0. The molecule has 0 saturated carbocycles. The molecule has 1 aromatic carbocycles. The van der Waals surface area contributed by atoms with Crippen molar-refractivity contribution in [3.8, 4) is 11.3 Å². The van der Waals surface area contributed by atoms with Crippen molar-refractivity contribution in [3.05, 3.63) is 54.4 Å². The molecular formula is C19H23N7O. The predicted octanol–water partition coefficient (Wildman–Crippen LogP) is 2.17. The lowest BCUT2D eigenvalue weighted by atomic mass is 10.1. The molecule has 1 unspecified atom stereocenters. The molecular weight excluding hydrogens is 342 g/mol. The molecule has 2 heterocycles. The van der Waals surface area contributed by atoms with E-state index in [9.17, 15) is 4.79 Å². The highest BCUT2D eigenvalue weighted by atomic mass is 16.1. The van der Waals surface area contributed by atoms with E-state index in [4.69, 9.17) is 5.73 Å². The summed E-state index contributed by atoms with van der Waals surface area (Å²) in [6.07, 6.45) is 4.46. The average molecular weight is 365 g/mol. The molecule has 0 fully saturated rings. The largest absolute Gasteiger partial charge is 0.373 e. The first-order chi connectivity index (χ1) is 13.0. The number of nitrogens with two attached hydrogens (primary N) is 1. The Bertz CT molecular complexity index is 891. The Morgan fingerprint density at radius 1 is 1.26 bits per heavy atom. The first kappa shape index (κ1) is 18.4. The normalized spacial score (nSPS) is 11.8. The van der Waals surface area contributed by atoms with Gasteiger partial charge in [0.2, 0.25) is 5.95 Å². The van der Waals surface area contributed by atoms with Gasteiger partial charge in [0, 0.05) is 49.2 Å². The Labute approximate surface area is 157 Å². The molecule has 0 aliphatic heterocycles. The van der Waals surface area contributed by atoms with Crippen molar-refractivity contribution in [1.29, 1.82) is 0 Å². The first-order valence-electron chi connectivity index (χ1n) is 8.76. The molecule has 0 aliphatic carbocycles. The third-order valence-electron chi connectivity index (χ3n) is 4.17. The van der Waals surface area contributed by atoms with Crippen LogP contribution >= 0.6 is 0 Å². The van der Waals surface area contributed by atoms with Crippen LogP contribution in [0.2, 0.25) is 0 Å². The van der Waals surface area contributed by atoms with Gasteiger partial charge >= 0.3 is 0 Å². The third-order valence-corrected chi connectivity index (χ3v) is 4.17. The number of anilines is 2. The topological polar surface area (TPSA) is 111 Å². The summed E-state index contributed by atoms with van der Waals surface area (Å²) in [5.74, 6) is 0.739. The predicted molar refractivity (Wildman–Crippen MR) is 105 cm³/mol. The molecule has 0 bridgehead atoms. The zero-order valence-corrected chi connectivity index (χ0v) is 15.4. The van der Waals surface area contributed by atoms with Gasteiger partial charge in [-0.1, -0.05) is 12.1 Å². The van der Waals surface area contributed by atoms with Crippen LogP contribution < -0.4 is 16.4 Å². The Morgan fingerprint density at radius 2 is 2.04 bits per heavy atom. The van der Waals surface area contributed by atoms with Gasteiger partial charge in [-0.05, 0) is 31.5 Å². The van der Waals surface area contributed by atoms with E-state index >= 15 is 0 Å². The van der Waals surface area contributed by atoms with Crippen LogP contribution in [0.3, 0.4) is 0 Å². The molecule has 0 aliphatic rings. The summed E-state index contributed by atoms with van der Waals surface area (Å²) in [5.41, 5.74) is 7.90.